The third-order valence-corrected chi connectivity index (χ3v) is 5.92. The van der Waals surface area contributed by atoms with Crippen molar-refractivity contribution in [1.29, 1.82) is 0 Å². The number of imide groups is 1. The van der Waals surface area contributed by atoms with E-state index in [1.54, 1.807) is 36.4 Å². The van der Waals surface area contributed by atoms with Crippen molar-refractivity contribution in [2.24, 2.45) is 5.92 Å². The van der Waals surface area contributed by atoms with Crippen LogP contribution >= 0.6 is 11.6 Å². The molecule has 2 heterocycles. The Hall–Kier alpha value is -3.35. The van der Waals surface area contributed by atoms with Crippen LogP contribution in [-0.4, -0.2) is 25.0 Å². The fourth-order valence-electron chi connectivity index (χ4n) is 4.20. The van der Waals surface area contributed by atoms with Crippen molar-refractivity contribution in [2.75, 3.05) is 17.1 Å². The number of nitrogens with zero attached hydrogens (tertiary/aromatic N) is 2. The number of hydrogen-bond donors (Lipinski definition) is 0. The number of methoxy groups -OCH3 is 1. The van der Waals surface area contributed by atoms with Gasteiger partial charge >= 0.3 is 0 Å². The third kappa shape index (κ3) is 3.24. The molecule has 2 fully saturated rings. The van der Waals surface area contributed by atoms with Crippen LogP contribution in [0.5, 0.6) is 5.75 Å². The Labute approximate surface area is 184 Å². The summed E-state index contributed by atoms with van der Waals surface area (Å²) >= 11 is 5.97. The molecule has 2 saturated heterocycles. The molecular weight excluding hydrogens is 416 g/mol. The van der Waals surface area contributed by atoms with Gasteiger partial charge in [0.1, 0.15) is 11.7 Å². The van der Waals surface area contributed by atoms with Crippen LogP contribution in [0.1, 0.15) is 11.6 Å². The van der Waals surface area contributed by atoms with Crippen LogP contribution in [0.2, 0.25) is 5.02 Å². The van der Waals surface area contributed by atoms with E-state index in [4.69, 9.17) is 21.2 Å². The molecule has 0 saturated carbocycles. The fourth-order valence-corrected chi connectivity index (χ4v) is 4.32. The summed E-state index contributed by atoms with van der Waals surface area (Å²) in [6.07, 6.45) is -0.907. The van der Waals surface area contributed by atoms with Gasteiger partial charge in [0, 0.05) is 5.02 Å². The molecule has 5 rings (SSSR count). The largest absolute Gasteiger partial charge is 0.497 e. The van der Waals surface area contributed by atoms with Crippen molar-refractivity contribution in [3.8, 4) is 5.75 Å². The van der Waals surface area contributed by atoms with Crippen LogP contribution in [0.4, 0.5) is 11.4 Å². The molecule has 3 aromatic carbocycles. The van der Waals surface area contributed by atoms with Crippen LogP contribution < -0.4 is 14.7 Å². The number of carbonyl (C=O) groups is 2. The quantitative estimate of drug-likeness (QED) is 0.570. The van der Waals surface area contributed by atoms with E-state index in [2.05, 4.69) is 0 Å². The molecule has 0 N–H and O–H groups in total. The summed E-state index contributed by atoms with van der Waals surface area (Å²) in [7, 11) is 1.60. The third-order valence-electron chi connectivity index (χ3n) is 5.67. The first kappa shape index (κ1) is 19.6. The summed E-state index contributed by atoms with van der Waals surface area (Å²) in [5.41, 5.74) is 2.12. The van der Waals surface area contributed by atoms with Gasteiger partial charge in [0.25, 0.3) is 5.91 Å². The lowest BCUT2D eigenvalue weighted by Crippen LogP contribution is -2.37. The zero-order chi connectivity index (χ0) is 21.5. The first-order chi connectivity index (χ1) is 15.1. The molecule has 3 aromatic rings. The Bertz CT molecular complexity index is 1120. The van der Waals surface area contributed by atoms with E-state index in [0.29, 0.717) is 16.5 Å². The van der Waals surface area contributed by atoms with Crippen LogP contribution in [0.15, 0.2) is 78.9 Å². The minimum absolute atomic E-state index is 0.295. The van der Waals surface area contributed by atoms with E-state index in [1.807, 2.05) is 54.6 Å². The second-order valence-corrected chi connectivity index (χ2v) is 7.86. The molecule has 0 unspecified atom stereocenters. The smallest absolute Gasteiger partial charge is 0.266 e. The highest BCUT2D eigenvalue weighted by atomic mass is 35.5. The van der Waals surface area contributed by atoms with Crippen LogP contribution in [0, 0.1) is 5.92 Å². The van der Waals surface area contributed by atoms with Gasteiger partial charge in [-0.3, -0.25) is 14.4 Å². The summed E-state index contributed by atoms with van der Waals surface area (Å²) in [4.78, 5) is 34.1. The number of carbonyl (C=O) groups excluding carboxylic acids is 2. The molecule has 0 bridgehead atoms. The molecule has 2 aliphatic rings. The van der Waals surface area contributed by atoms with Gasteiger partial charge in [-0.25, -0.2) is 9.96 Å². The molecule has 0 radical (unpaired) electrons. The van der Waals surface area contributed by atoms with Crippen molar-refractivity contribution in [2.45, 2.75) is 12.1 Å². The molecule has 2 aliphatic heterocycles. The highest BCUT2D eigenvalue weighted by molar-refractivity contribution is 6.31. The minimum atomic E-state index is -0.907. The molecule has 3 atom stereocenters. The Morgan fingerprint density at radius 1 is 0.839 bits per heavy atom. The maximum Gasteiger partial charge on any atom is 0.266 e. The van der Waals surface area contributed by atoms with E-state index in [-0.39, 0.29) is 11.8 Å². The number of ether oxygens (including phenoxy) is 1. The van der Waals surface area contributed by atoms with Crippen LogP contribution in [0.25, 0.3) is 0 Å². The highest BCUT2D eigenvalue weighted by Gasteiger charge is 2.60. The van der Waals surface area contributed by atoms with E-state index in [1.165, 1.54) is 4.90 Å². The Morgan fingerprint density at radius 3 is 2.16 bits per heavy atom. The van der Waals surface area contributed by atoms with Crippen molar-refractivity contribution >= 4 is 34.8 Å². The monoisotopic (exact) mass is 434 g/mol. The molecule has 0 aromatic heterocycles. The zero-order valence-corrected chi connectivity index (χ0v) is 17.4. The lowest BCUT2D eigenvalue weighted by Gasteiger charge is -2.28. The normalized spacial score (nSPS) is 22.7. The standard InChI is InChI=1S/C24H19ClN2O4/c1-30-19-13-7-15(8-14-19)21-20-22(31-27(21)18-5-3-2-4-6-18)24(29)26(23(20)28)17-11-9-16(25)10-12-17/h2-14,20-22H,1H3/t20-,21+,22-/m1/s1. The van der Waals surface area contributed by atoms with Crippen molar-refractivity contribution in [3.63, 3.8) is 0 Å². The van der Waals surface area contributed by atoms with E-state index in [0.717, 1.165) is 11.3 Å². The van der Waals surface area contributed by atoms with Gasteiger partial charge < -0.3 is 4.74 Å². The number of fused-ring (bicyclic) bond motifs is 1. The molecule has 2 amide bonds. The van der Waals surface area contributed by atoms with Gasteiger partial charge in [0.2, 0.25) is 5.91 Å². The summed E-state index contributed by atoms with van der Waals surface area (Å²) < 4.78 is 5.27. The second kappa shape index (κ2) is 7.72. The van der Waals surface area contributed by atoms with Crippen LogP contribution in [-0.2, 0) is 14.4 Å². The highest BCUT2D eigenvalue weighted by Crippen LogP contribution is 2.47. The number of hydroxylamine groups is 1. The van der Waals surface area contributed by atoms with Gasteiger partial charge in [-0.15, -0.1) is 0 Å². The first-order valence-electron chi connectivity index (χ1n) is 9.87. The number of rotatable bonds is 4. The Kier molecular flexibility index (Phi) is 4.88. The molecule has 156 valence electrons. The fraction of sp³-hybridized carbons (Fsp3) is 0.167. The van der Waals surface area contributed by atoms with Gasteiger partial charge in [-0.2, -0.15) is 0 Å². The number of para-hydroxylation sites is 1. The molecule has 7 heteroatoms. The molecule has 31 heavy (non-hydrogen) atoms. The predicted molar refractivity (Wildman–Crippen MR) is 117 cm³/mol. The van der Waals surface area contributed by atoms with E-state index >= 15 is 0 Å². The Balaban J connectivity index is 1.57. The number of amides is 2. The predicted octanol–water partition coefficient (Wildman–Crippen LogP) is 4.40. The summed E-state index contributed by atoms with van der Waals surface area (Å²) in [6, 6.07) is 23.1. The Morgan fingerprint density at radius 2 is 1.52 bits per heavy atom. The first-order valence-corrected chi connectivity index (χ1v) is 10.2. The molecular formula is C24H19ClN2O4. The topological polar surface area (TPSA) is 59.1 Å². The lowest BCUT2D eigenvalue weighted by molar-refractivity contribution is -0.126. The molecule has 0 spiro atoms. The van der Waals surface area contributed by atoms with Gasteiger partial charge in [-0.05, 0) is 54.1 Å². The SMILES string of the molecule is COc1ccc([C@H]2[C@H]3C(=O)N(c4ccc(Cl)cc4)C(=O)[C@@H]3ON2c2ccccc2)cc1. The van der Waals surface area contributed by atoms with Gasteiger partial charge in [-0.1, -0.05) is 41.9 Å². The van der Waals surface area contributed by atoms with Gasteiger partial charge in [0.15, 0.2) is 6.10 Å². The molecule has 6 nitrogen and oxygen atoms in total. The maximum absolute atomic E-state index is 13.5. The summed E-state index contributed by atoms with van der Waals surface area (Å²) in [6.45, 7) is 0. The number of halogens is 1. The van der Waals surface area contributed by atoms with Crippen molar-refractivity contribution in [3.05, 3.63) is 89.4 Å². The van der Waals surface area contributed by atoms with Crippen molar-refractivity contribution < 1.29 is 19.2 Å². The van der Waals surface area contributed by atoms with Crippen molar-refractivity contribution in [1.82, 2.24) is 0 Å². The maximum atomic E-state index is 13.5. The summed E-state index contributed by atoms with van der Waals surface area (Å²) in [5, 5.41) is 2.21. The number of benzene rings is 3. The van der Waals surface area contributed by atoms with E-state index < -0.39 is 18.1 Å². The average Bonchev–Trinajstić information content (AvgIpc) is 3.31. The minimum Gasteiger partial charge on any atom is -0.497 e. The lowest BCUT2D eigenvalue weighted by atomic mass is 9.90. The average molecular weight is 435 g/mol. The molecule has 0 aliphatic carbocycles. The van der Waals surface area contributed by atoms with Crippen LogP contribution in [0.3, 0.4) is 0 Å². The zero-order valence-electron chi connectivity index (χ0n) is 16.6. The summed E-state index contributed by atoms with van der Waals surface area (Å²) in [5.74, 6) is -0.648. The van der Waals surface area contributed by atoms with E-state index in [9.17, 15) is 9.59 Å². The second-order valence-electron chi connectivity index (χ2n) is 7.42. The van der Waals surface area contributed by atoms with Gasteiger partial charge in [0.05, 0.1) is 24.5 Å². The number of anilines is 2. The number of hydrogen-bond acceptors (Lipinski definition) is 5.